The molecule has 5 atom stereocenters. The quantitative estimate of drug-likeness (QED) is 0.0145. The summed E-state index contributed by atoms with van der Waals surface area (Å²) in [6.07, 6.45) is 1.72. The second kappa shape index (κ2) is 52.0. The molecule has 1 fully saturated rings. The molecule has 22 heteroatoms. The Morgan fingerprint density at radius 2 is 0.651 bits per heavy atom. The van der Waals surface area contributed by atoms with Crippen LogP contribution in [0, 0.1) is 6.07 Å². The minimum absolute atomic E-state index is 0. The third kappa shape index (κ3) is 36.8. The van der Waals surface area contributed by atoms with Crippen LogP contribution in [0.25, 0.3) is 0 Å². The van der Waals surface area contributed by atoms with E-state index in [1.54, 1.807) is 53.2 Å². The van der Waals surface area contributed by atoms with Gasteiger partial charge < -0.3 is 40.0 Å². The zero-order valence-electron chi connectivity index (χ0n) is 59.5. The molecule has 1 aliphatic heterocycles. The van der Waals surface area contributed by atoms with Crippen molar-refractivity contribution in [3.8, 4) is 46.0 Å². The average molecular weight is 1530 g/mol. The van der Waals surface area contributed by atoms with E-state index in [1.165, 1.54) is 11.1 Å². The van der Waals surface area contributed by atoms with Crippen LogP contribution in [-0.4, -0.2) is 58.9 Å². The molecule has 3 N–H and O–H groups in total. The van der Waals surface area contributed by atoms with Crippen LogP contribution >= 0.6 is 32.9 Å². The van der Waals surface area contributed by atoms with Gasteiger partial charge in [0, 0.05) is 31.2 Å². The van der Waals surface area contributed by atoms with Crippen molar-refractivity contribution in [1.29, 1.82) is 0 Å². The van der Waals surface area contributed by atoms with Gasteiger partial charge in [0.15, 0.2) is 0 Å². The van der Waals surface area contributed by atoms with E-state index in [1.807, 2.05) is 336 Å². The summed E-state index contributed by atoms with van der Waals surface area (Å²) in [4.78, 5) is 0. The molecule has 0 bridgehead atoms. The number of para-hydroxylation sites is 8. The molecule has 1 aliphatic rings. The Morgan fingerprint density at radius 3 is 0.906 bits per heavy atom. The Morgan fingerprint density at radius 1 is 0.396 bits per heavy atom. The van der Waals surface area contributed by atoms with Crippen molar-refractivity contribution in [3.05, 3.63) is 387 Å². The van der Waals surface area contributed by atoms with Crippen LogP contribution in [0.2, 0.25) is 0 Å². The van der Waals surface area contributed by atoms with Gasteiger partial charge in [0.05, 0.1) is 0 Å². The Balaban J connectivity index is 0.000000229. The van der Waals surface area contributed by atoms with E-state index in [2.05, 4.69) is 38.3 Å². The normalized spacial score (nSPS) is 13.0. The second-order valence-corrected chi connectivity index (χ2v) is 27.2. The fraction of sp³-hybridized carbons (Fsp3) is 0.143. The summed E-state index contributed by atoms with van der Waals surface area (Å²) in [6.45, 7) is 9.18. The molecular weight excluding hydrogens is 1440 g/mol. The minimum atomic E-state index is -3.59. The van der Waals surface area contributed by atoms with Crippen molar-refractivity contribution < 1.29 is 67.5 Å². The van der Waals surface area contributed by atoms with Gasteiger partial charge in [0.2, 0.25) is 0 Å². The molecule has 13 rings (SSSR count). The molecule has 544 valence electrons. The summed E-state index contributed by atoms with van der Waals surface area (Å²) in [5.41, 5.74) is 8.93. The molecule has 0 aliphatic carbocycles. The molecule has 0 radical (unpaired) electrons. The van der Waals surface area contributed by atoms with Crippen LogP contribution in [0.4, 0.5) is 0 Å². The Kier molecular flexibility index (Phi) is 42.9. The monoisotopic (exact) mass is 1530 g/mol. The number of ether oxygens (including phenoxy) is 2. The van der Waals surface area contributed by atoms with Crippen LogP contribution in [-0.2, 0) is 40.4 Å². The number of nitrogens with zero attached hydrogens (tertiary/aromatic N) is 1. The summed E-state index contributed by atoms with van der Waals surface area (Å²) in [6, 6.07) is 119. The first-order valence-electron chi connectivity index (χ1n) is 33.7. The summed E-state index contributed by atoms with van der Waals surface area (Å²) < 4.78 is 91.0. The molecule has 12 aromatic carbocycles. The first-order chi connectivity index (χ1) is 50.9. The first kappa shape index (κ1) is 87.6. The molecule has 1 saturated heterocycles. The molecule has 0 spiro atoms. The molecule has 0 aromatic heterocycles. The van der Waals surface area contributed by atoms with Gasteiger partial charge in [-0.15, -0.1) is 0 Å². The van der Waals surface area contributed by atoms with E-state index < -0.39 is 15.5 Å². The van der Waals surface area contributed by atoms with Crippen LogP contribution in [0.3, 0.4) is 0 Å². The predicted octanol–water partition coefficient (Wildman–Crippen LogP) is 19.4. The largest absolute Gasteiger partial charge is 2.00 e. The van der Waals surface area contributed by atoms with Crippen LogP contribution in [0.5, 0.6) is 46.0 Å². The van der Waals surface area contributed by atoms with Crippen LogP contribution in [0.1, 0.15) is 50.3 Å². The summed E-state index contributed by atoms with van der Waals surface area (Å²) >= 11 is 0. The third-order valence-electron chi connectivity index (χ3n) is 14.4. The topological polar surface area (TPSA) is 181 Å². The van der Waals surface area contributed by atoms with Gasteiger partial charge >= 0.3 is 55.9 Å². The molecule has 16 nitrogen and oxygen atoms in total. The smallest absolute Gasteiger partial charge is 1.00 e. The molecule has 12 aromatic rings. The van der Waals surface area contributed by atoms with Crippen LogP contribution in [0.15, 0.2) is 364 Å². The molecule has 5 unspecified atom stereocenters. The van der Waals surface area contributed by atoms with Crippen molar-refractivity contribution in [3.63, 3.8) is 0 Å². The molecule has 1 heterocycles. The summed E-state index contributed by atoms with van der Waals surface area (Å²) in [5, 5.41) is 3.00. The van der Waals surface area contributed by atoms with Gasteiger partial charge in [-0.3, -0.25) is 0 Å². The van der Waals surface area contributed by atoms with Crippen molar-refractivity contribution >= 4 is 55.9 Å². The average Bonchev–Trinajstić information content (AvgIpc) is 1.62. The SMILES string of the molecule is CC(CNP(=O)(Oc1ccccc1)Oc1ccccc1)c1ccccc1.CC(Cc1ccccc1)NOP=O.CC(Cc1ccccc1)NOP=O.CC1CN1P(=O)(Oc1ccccc1)Oc1ccccc1.[Cl-].[Mg+2].[c-]1ccccc1.c1ccc(Oc2ccccc2)cc1.c1ccc(Oc2ccccc2)cc1. The molecule has 0 saturated carbocycles. The van der Waals surface area contributed by atoms with E-state index in [0.717, 1.165) is 47.9 Å². The number of rotatable bonds is 27. The van der Waals surface area contributed by atoms with Crippen LogP contribution < -0.4 is 56.0 Å². The van der Waals surface area contributed by atoms with Gasteiger partial charge in [-0.2, -0.15) is 52.0 Å². The standard InChI is InChI=1S/C21H22NO3P.C15H16NO3P.2C12H10O.2C9H12NO2P.C6H5.ClH.Mg/c1-18(19-11-5-2-6-12-19)17-22-26(23,24-20-13-7-3-8-14-20)25-21-15-9-4-10-16-21;1-13-12-16(13)20(17,18-14-8-4-2-5-9-14)19-15-10-6-3-7-11-15;2*1-3-7-11(8-4-1)13-12-9-5-2-6-10-12;2*1-8(10-12-13-11)7-9-5-3-2-4-6-9;1-2-4-6-5-3-1;;/h2-16,18H,17H2,1H3,(H,22,23);2-11,13H,12H2,1H3;2*1-10H;2*2-6,8,10H,7H2,1H3;1-5H;1H;/q;;;;;;-1;;+2/p-1. The van der Waals surface area contributed by atoms with E-state index in [4.69, 9.17) is 27.6 Å². The zero-order valence-corrected chi connectivity index (χ0v) is 65.2. The third-order valence-corrected chi connectivity index (χ3v) is 18.3. The number of benzene rings is 12. The summed E-state index contributed by atoms with van der Waals surface area (Å²) in [5.74, 6) is 5.71. The fourth-order valence-electron chi connectivity index (χ4n) is 9.20. The molecular formula is C84H87ClMgN4O12P4. The maximum Gasteiger partial charge on any atom is 2.00 e. The van der Waals surface area contributed by atoms with Gasteiger partial charge in [0.1, 0.15) is 46.0 Å². The zero-order chi connectivity index (χ0) is 73.4. The van der Waals surface area contributed by atoms with E-state index in [0.29, 0.717) is 29.5 Å². The van der Waals surface area contributed by atoms with E-state index >= 15 is 0 Å². The minimum Gasteiger partial charge on any atom is -1.00 e. The van der Waals surface area contributed by atoms with Crippen molar-refractivity contribution in [2.24, 2.45) is 0 Å². The number of halogens is 1. The number of nitrogens with one attached hydrogen (secondary N) is 3. The van der Waals surface area contributed by atoms with Crippen molar-refractivity contribution in [1.82, 2.24) is 20.7 Å². The van der Waals surface area contributed by atoms with E-state index in [-0.39, 0.29) is 76.9 Å². The summed E-state index contributed by atoms with van der Waals surface area (Å²) in [7, 11) is -7.60. The van der Waals surface area contributed by atoms with Crippen molar-refractivity contribution in [2.75, 3.05) is 13.1 Å². The molecule has 0 amide bonds. The fourth-order valence-corrected chi connectivity index (χ4v) is 13.0. The van der Waals surface area contributed by atoms with Crippen molar-refractivity contribution in [2.45, 2.75) is 64.6 Å². The predicted molar refractivity (Wildman–Crippen MR) is 422 cm³/mol. The Bertz CT molecular complexity index is 3950. The van der Waals surface area contributed by atoms with Gasteiger partial charge in [-0.05, 0) is 153 Å². The second-order valence-electron chi connectivity index (χ2n) is 23.0. The number of hydroxylamine groups is 2. The Labute approximate surface area is 650 Å². The number of hydrogen-bond acceptors (Lipinski definition) is 14. The Hall–Kier alpha value is -9.08. The first-order valence-corrected chi connectivity index (χ1v) is 38.2. The van der Waals surface area contributed by atoms with E-state index in [9.17, 15) is 18.3 Å². The molecule has 106 heavy (non-hydrogen) atoms. The maximum absolute atomic E-state index is 13.3. The maximum atomic E-state index is 13.3. The van der Waals surface area contributed by atoms with Gasteiger partial charge in [0.25, 0.3) is 0 Å². The number of hydrogen-bond donors (Lipinski definition) is 3. The van der Waals surface area contributed by atoms with Gasteiger partial charge in [-0.1, -0.05) is 244 Å². The van der Waals surface area contributed by atoms with Gasteiger partial charge in [-0.25, -0.2) is 32.6 Å².